The fourth-order valence-electron chi connectivity index (χ4n) is 6.95. The van der Waals surface area contributed by atoms with Gasteiger partial charge in [-0.05, 0) is 72.2 Å². The van der Waals surface area contributed by atoms with Gasteiger partial charge in [-0.3, -0.25) is 19.3 Å². The van der Waals surface area contributed by atoms with Crippen LogP contribution in [-0.4, -0.2) is 29.2 Å². The Morgan fingerprint density at radius 2 is 1.23 bits per heavy atom. The van der Waals surface area contributed by atoms with E-state index in [9.17, 15) is 14.4 Å². The Balaban J connectivity index is 1.15. The number of likely N-dealkylation sites (tertiary alicyclic amines) is 1. The minimum Gasteiger partial charge on any atom is -0.326 e. The zero-order valence-corrected chi connectivity index (χ0v) is 23.5. The van der Waals surface area contributed by atoms with Gasteiger partial charge in [-0.1, -0.05) is 61.0 Å². The zero-order valence-electron chi connectivity index (χ0n) is 22.0. The minimum atomic E-state index is -1.15. The molecule has 0 radical (unpaired) electrons. The van der Waals surface area contributed by atoms with Crippen molar-refractivity contribution in [3.63, 3.8) is 0 Å². The van der Waals surface area contributed by atoms with Crippen molar-refractivity contribution >= 4 is 46.6 Å². The maximum Gasteiger partial charge on any atom is 0.235 e. The van der Waals surface area contributed by atoms with E-state index in [0.717, 1.165) is 39.1 Å². The van der Waals surface area contributed by atoms with Gasteiger partial charge in [0.1, 0.15) is 9.75 Å². The standard InChI is InChI=1S/C32H30Cl2N2O3/c1-19-16-20(2)18-21(17-19)35-26(37)14-4-3-9-15-36-29(38)27-28(30(36)39)32(34)23-11-6-5-10-22(23)31(27,33)24-12-7-8-13-25(24)32/h5-8,10-13,16-18,27-28H,3-4,9,14-15H2,1-2H3,(H,35,37)/t27-,28+,31?,32?. The first-order valence-corrected chi connectivity index (χ1v) is 14.2. The van der Waals surface area contributed by atoms with Crippen LogP contribution in [0.5, 0.6) is 0 Å². The van der Waals surface area contributed by atoms with Crippen molar-refractivity contribution in [3.05, 3.63) is 100 Å². The van der Waals surface area contributed by atoms with Crippen LogP contribution >= 0.6 is 23.2 Å². The number of amides is 3. The molecule has 3 aromatic carbocycles. The largest absolute Gasteiger partial charge is 0.326 e. The van der Waals surface area contributed by atoms with Gasteiger partial charge in [0, 0.05) is 18.7 Å². The molecule has 1 fully saturated rings. The third-order valence-electron chi connectivity index (χ3n) is 8.47. The molecular formula is C32H30Cl2N2O3. The summed E-state index contributed by atoms with van der Waals surface area (Å²) in [5.74, 6) is -2.10. The molecule has 39 heavy (non-hydrogen) atoms. The van der Waals surface area contributed by atoms with Gasteiger partial charge < -0.3 is 5.32 Å². The predicted molar refractivity (Wildman–Crippen MR) is 153 cm³/mol. The minimum absolute atomic E-state index is 0.0420. The number of carbonyl (C=O) groups is 3. The second-order valence-corrected chi connectivity index (χ2v) is 12.2. The van der Waals surface area contributed by atoms with Crippen molar-refractivity contribution in [1.29, 1.82) is 0 Å². The Morgan fingerprint density at radius 1 is 0.769 bits per heavy atom. The summed E-state index contributed by atoms with van der Waals surface area (Å²) in [7, 11) is 0. The number of anilines is 1. The molecule has 0 aromatic heterocycles. The number of halogens is 2. The number of benzene rings is 3. The molecule has 0 unspecified atom stereocenters. The highest BCUT2D eigenvalue weighted by atomic mass is 35.5. The highest BCUT2D eigenvalue weighted by Gasteiger charge is 2.72. The lowest BCUT2D eigenvalue weighted by atomic mass is 9.54. The Bertz CT molecular complexity index is 1380. The van der Waals surface area contributed by atoms with E-state index in [4.69, 9.17) is 23.2 Å². The van der Waals surface area contributed by atoms with E-state index in [0.29, 0.717) is 25.7 Å². The molecule has 0 spiro atoms. The van der Waals surface area contributed by atoms with Gasteiger partial charge in [-0.15, -0.1) is 23.2 Å². The van der Waals surface area contributed by atoms with Gasteiger partial charge in [0.2, 0.25) is 17.7 Å². The summed E-state index contributed by atoms with van der Waals surface area (Å²) >= 11 is 14.9. The van der Waals surface area contributed by atoms with Crippen LogP contribution in [0.2, 0.25) is 0 Å². The maximum atomic E-state index is 13.8. The number of unbranched alkanes of at least 4 members (excludes halogenated alkanes) is 2. The number of aryl methyl sites for hydroxylation is 2. The van der Waals surface area contributed by atoms with E-state index in [-0.39, 0.29) is 24.3 Å². The number of nitrogens with zero attached hydrogens (tertiary/aromatic N) is 1. The van der Waals surface area contributed by atoms with E-state index in [1.54, 1.807) is 0 Å². The lowest BCUT2D eigenvalue weighted by molar-refractivity contribution is -0.140. The molecule has 2 atom stereocenters. The fraction of sp³-hybridized carbons (Fsp3) is 0.344. The predicted octanol–water partition coefficient (Wildman–Crippen LogP) is 6.40. The van der Waals surface area contributed by atoms with Gasteiger partial charge in [-0.2, -0.15) is 0 Å². The lowest BCUT2D eigenvalue weighted by Gasteiger charge is -2.54. The molecule has 7 heteroatoms. The molecule has 7 rings (SSSR count). The van der Waals surface area contributed by atoms with E-state index in [1.807, 2.05) is 74.5 Å². The average Bonchev–Trinajstić information content (AvgIpc) is 3.17. The highest BCUT2D eigenvalue weighted by Crippen LogP contribution is 2.69. The Morgan fingerprint density at radius 3 is 1.69 bits per heavy atom. The van der Waals surface area contributed by atoms with Crippen LogP contribution in [0.1, 0.15) is 59.1 Å². The first-order valence-electron chi connectivity index (χ1n) is 13.5. The number of carbonyl (C=O) groups excluding carboxylic acids is 3. The highest BCUT2D eigenvalue weighted by molar-refractivity contribution is 6.36. The SMILES string of the molecule is Cc1cc(C)cc(NC(=O)CCCCCN2C(=O)[C@@H]3[C@H](C2=O)C2(Cl)c4ccccc4C3(Cl)c3ccccc32)c1. The molecule has 3 aromatic rings. The molecule has 1 aliphatic heterocycles. The van der Waals surface area contributed by atoms with Crippen LogP contribution in [0.15, 0.2) is 66.7 Å². The molecule has 5 nitrogen and oxygen atoms in total. The molecule has 2 bridgehead atoms. The summed E-state index contributed by atoms with van der Waals surface area (Å²) in [4.78, 5) is 39.2. The van der Waals surface area contributed by atoms with Crippen LogP contribution in [0.25, 0.3) is 0 Å². The molecule has 1 saturated heterocycles. The topological polar surface area (TPSA) is 66.5 Å². The van der Waals surface area contributed by atoms with E-state index >= 15 is 0 Å². The van der Waals surface area contributed by atoms with E-state index < -0.39 is 21.6 Å². The summed E-state index contributed by atoms with van der Waals surface area (Å²) in [6.07, 6.45) is 2.36. The summed E-state index contributed by atoms with van der Waals surface area (Å²) < 4.78 is 0. The quantitative estimate of drug-likeness (QED) is 0.206. The number of alkyl halides is 2. The van der Waals surface area contributed by atoms with Crippen molar-refractivity contribution in [1.82, 2.24) is 4.90 Å². The van der Waals surface area contributed by atoms with Gasteiger partial charge >= 0.3 is 0 Å². The smallest absolute Gasteiger partial charge is 0.235 e. The monoisotopic (exact) mass is 560 g/mol. The summed E-state index contributed by atoms with van der Waals surface area (Å²) in [6, 6.07) is 21.3. The second-order valence-electron chi connectivity index (χ2n) is 11.0. The Labute approximate surface area is 238 Å². The van der Waals surface area contributed by atoms with Crippen LogP contribution in [-0.2, 0) is 24.1 Å². The van der Waals surface area contributed by atoms with E-state index in [1.165, 1.54) is 4.90 Å². The molecular weight excluding hydrogens is 531 g/mol. The molecule has 1 heterocycles. The van der Waals surface area contributed by atoms with Crippen molar-refractivity contribution in [2.45, 2.75) is 49.3 Å². The van der Waals surface area contributed by atoms with Crippen molar-refractivity contribution in [2.75, 3.05) is 11.9 Å². The lowest BCUT2D eigenvalue weighted by Crippen LogP contribution is -2.57. The molecule has 200 valence electrons. The van der Waals surface area contributed by atoms with Crippen molar-refractivity contribution in [2.24, 2.45) is 11.8 Å². The van der Waals surface area contributed by atoms with Crippen molar-refractivity contribution in [3.8, 4) is 0 Å². The van der Waals surface area contributed by atoms with Gasteiger partial charge in [-0.25, -0.2) is 0 Å². The summed E-state index contributed by atoms with van der Waals surface area (Å²) in [5.41, 5.74) is 6.22. The molecule has 3 amide bonds. The summed E-state index contributed by atoms with van der Waals surface area (Å²) in [5, 5.41) is 2.96. The first-order chi connectivity index (χ1) is 18.7. The molecule has 4 aliphatic rings. The van der Waals surface area contributed by atoms with Crippen LogP contribution in [0.3, 0.4) is 0 Å². The number of nitrogens with one attached hydrogen (secondary N) is 1. The van der Waals surface area contributed by atoms with Gasteiger partial charge in [0.05, 0.1) is 11.8 Å². The average molecular weight is 562 g/mol. The van der Waals surface area contributed by atoms with Gasteiger partial charge in [0.15, 0.2) is 0 Å². The Hall–Kier alpha value is -3.15. The molecule has 3 aliphatic carbocycles. The fourth-order valence-corrected chi connectivity index (χ4v) is 8.05. The van der Waals surface area contributed by atoms with Crippen molar-refractivity contribution < 1.29 is 14.4 Å². The first kappa shape index (κ1) is 26.1. The number of imide groups is 1. The van der Waals surface area contributed by atoms with Crippen LogP contribution < -0.4 is 5.32 Å². The van der Waals surface area contributed by atoms with Crippen LogP contribution in [0.4, 0.5) is 5.69 Å². The zero-order chi connectivity index (χ0) is 27.5. The number of hydrogen-bond acceptors (Lipinski definition) is 3. The number of rotatable bonds is 7. The third-order valence-corrected chi connectivity index (χ3v) is 9.75. The third kappa shape index (κ3) is 3.85. The maximum absolute atomic E-state index is 13.8. The normalized spacial score (nSPS) is 26.3. The van der Waals surface area contributed by atoms with E-state index in [2.05, 4.69) is 11.4 Å². The van der Waals surface area contributed by atoms with Crippen LogP contribution in [0, 0.1) is 25.7 Å². The Kier molecular flexibility index (Phi) is 6.35. The second kappa shape index (κ2) is 9.50. The molecule has 1 N–H and O–H groups in total. The summed E-state index contributed by atoms with van der Waals surface area (Å²) in [6.45, 7) is 4.29. The molecule has 0 saturated carbocycles. The number of hydrogen-bond donors (Lipinski definition) is 1. The van der Waals surface area contributed by atoms with Gasteiger partial charge in [0.25, 0.3) is 0 Å².